The van der Waals surface area contributed by atoms with Gasteiger partial charge in [-0.25, -0.2) is 0 Å². The molecule has 3 aromatic rings. The predicted molar refractivity (Wildman–Crippen MR) is 171 cm³/mol. The predicted octanol–water partition coefficient (Wildman–Crippen LogP) is 2.12. The lowest BCUT2D eigenvalue weighted by Gasteiger charge is -2.31. The Morgan fingerprint density at radius 2 is 1.79 bits per heavy atom. The number of rotatable bonds is 12. The topological polar surface area (TPSA) is 155 Å². The van der Waals surface area contributed by atoms with E-state index in [1.54, 1.807) is 24.1 Å². The molecule has 0 aliphatic carbocycles. The number of carbonyl (C=O) groups is 3. The van der Waals surface area contributed by atoms with Gasteiger partial charge in [-0.1, -0.05) is 66.2 Å². The normalized spacial score (nSPS) is 17.6. The van der Waals surface area contributed by atoms with Crippen molar-refractivity contribution in [1.82, 2.24) is 20.9 Å². The number of nitrogens with zero attached hydrogens (tertiary/aromatic N) is 2. The molecule has 3 amide bonds. The van der Waals surface area contributed by atoms with E-state index in [0.29, 0.717) is 50.3 Å². The van der Waals surface area contributed by atoms with Gasteiger partial charge < -0.3 is 32.3 Å². The Morgan fingerprint density at radius 3 is 2.51 bits per heavy atom. The molecule has 0 aromatic heterocycles. The molecule has 0 bridgehead atoms. The minimum absolute atomic E-state index is 0.00174. The first-order chi connectivity index (χ1) is 20.7. The molecule has 1 fully saturated rings. The summed E-state index contributed by atoms with van der Waals surface area (Å²) in [4.78, 5) is 45.7. The van der Waals surface area contributed by atoms with Crippen LogP contribution in [-0.2, 0) is 27.2 Å². The van der Waals surface area contributed by atoms with Crippen LogP contribution in [0.5, 0.6) is 0 Å². The summed E-state index contributed by atoms with van der Waals surface area (Å²) in [5.74, 6) is -0.511. The second-order valence-corrected chi connectivity index (χ2v) is 11.2. The molecule has 0 saturated carbocycles. The van der Waals surface area contributed by atoms with Crippen LogP contribution in [-0.4, -0.2) is 73.4 Å². The number of guanidine groups is 1. The minimum atomic E-state index is -0.695. The summed E-state index contributed by atoms with van der Waals surface area (Å²) in [6.07, 6.45) is 2.20. The van der Waals surface area contributed by atoms with Crippen molar-refractivity contribution in [3.63, 3.8) is 0 Å². The fraction of sp³-hybridized carbons (Fsp3) is 0.375. The van der Waals surface area contributed by atoms with Gasteiger partial charge in [0.25, 0.3) is 0 Å². The molecule has 10 nitrogen and oxygen atoms in total. The Bertz CT molecular complexity index is 1440. The molecular formula is C32H40ClN7O3. The average molecular weight is 606 g/mol. The molecule has 7 N–H and O–H groups in total. The lowest BCUT2D eigenvalue weighted by atomic mass is 9.99. The third-order valence-corrected chi connectivity index (χ3v) is 7.93. The molecule has 4 rings (SSSR count). The van der Waals surface area contributed by atoms with Crippen LogP contribution >= 0.6 is 11.6 Å². The Labute approximate surface area is 257 Å². The van der Waals surface area contributed by atoms with E-state index in [-0.39, 0.29) is 36.1 Å². The molecule has 228 valence electrons. The number of hydrogen-bond donors (Lipinski definition) is 5. The molecule has 43 heavy (non-hydrogen) atoms. The van der Waals surface area contributed by atoms with Gasteiger partial charge in [0.2, 0.25) is 17.7 Å². The summed E-state index contributed by atoms with van der Waals surface area (Å²) in [7, 11) is 1.59. The van der Waals surface area contributed by atoms with Crippen LogP contribution in [0.15, 0.2) is 71.7 Å². The number of carbonyl (C=O) groups excluding carboxylic acids is 3. The van der Waals surface area contributed by atoms with Crippen molar-refractivity contribution >= 4 is 46.1 Å². The summed E-state index contributed by atoms with van der Waals surface area (Å²) in [6, 6.07) is 19.9. The molecule has 0 radical (unpaired) electrons. The minimum Gasteiger partial charge on any atom is -0.370 e. The van der Waals surface area contributed by atoms with Gasteiger partial charge >= 0.3 is 0 Å². The van der Waals surface area contributed by atoms with Crippen molar-refractivity contribution in [3.05, 3.63) is 82.9 Å². The third-order valence-electron chi connectivity index (χ3n) is 7.67. The Morgan fingerprint density at radius 1 is 1.07 bits per heavy atom. The van der Waals surface area contributed by atoms with Crippen LogP contribution < -0.4 is 27.4 Å². The highest BCUT2D eigenvalue weighted by Gasteiger charge is 2.37. The molecule has 1 aliphatic heterocycles. The second kappa shape index (κ2) is 15.4. The highest BCUT2D eigenvalue weighted by atomic mass is 35.5. The molecule has 1 saturated heterocycles. The van der Waals surface area contributed by atoms with Crippen LogP contribution in [0.2, 0.25) is 5.02 Å². The van der Waals surface area contributed by atoms with E-state index in [2.05, 4.69) is 27.0 Å². The summed E-state index contributed by atoms with van der Waals surface area (Å²) in [6.45, 7) is 1.08. The highest BCUT2D eigenvalue weighted by Crippen LogP contribution is 2.21. The van der Waals surface area contributed by atoms with Crippen molar-refractivity contribution in [2.45, 2.75) is 50.2 Å². The summed E-state index contributed by atoms with van der Waals surface area (Å²) in [5, 5.41) is 12.0. The summed E-state index contributed by atoms with van der Waals surface area (Å²) < 4.78 is 0. The van der Waals surface area contributed by atoms with E-state index in [1.165, 1.54) is 0 Å². The zero-order valence-corrected chi connectivity index (χ0v) is 25.1. The van der Waals surface area contributed by atoms with Crippen molar-refractivity contribution in [2.75, 3.05) is 26.7 Å². The van der Waals surface area contributed by atoms with Crippen LogP contribution in [0.1, 0.15) is 30.4 Å². The average Bonchev–Trinajstić information content (AvgIpc) is 3.15. The van der Waals surface area contributed by atoms with Gasteiger partial charge in [0.15, 0.2) is 5.96 Å². The molecule has 1 heterocycles. The molecular weight excluding hydrogens is 566 g/mol. The quantitative estimate of drug-likeness (QED) is 0.121. The van der Waals surface area contributed by atoms with Gasteiger partial charge in [0, 0.05) is 44.2 Å². The van der Waals surface area contributed by atoms with E-state index in [4.69, 9.17) is 23.1 Å². The van der Waals surface area contributed by atoms with Crippen molar-refractivity contribution in [1.29, 1.82) is 0 Å². The molecule has 3 aromatic carbocycles. The van der Waals surface area contributed by atoms with E-state index in [0.717, 1.165) is 21.9 Å². The number of aliphatic imine (C=N–C) groups is 1. The van der Waals surface area contributed by atoms with Crippen molar-refractivity contribution < 1.29 is 14.4 Å². The Kier molecular flexibility index (Phi) is 11.4. The van der Waals surface area contributed by atoms with Gasteiger partial charge in [0.05, 0.1) is 12.5 Å². The van der Waals surface area contributed by atoms with Gasteiger partial charge in [0.1, 0.15) is 6.04 Å². The number of benzene rings is 3. The maximum atomic E-state index is 14.0. The third kappa shape index (κ3) is 9.17. The Hall–Kier alpha value is -4.15. The number of nitrogens with two attached hydrogens (primary N) is 2. The number of nitrogens with one attached hydrogen (secondary N) is 3. The van der Waals surface area contributed by atoms with E-state index in [9.17, 15) is 14.4 Å². The maximum absolute atomic E-state index is 14.0. The van der Waals surface area contributed by atoms with E-state index in [1.807, 2.05) is 48.5 Å². The molecule has 0 unspecified atom stereocenters. The number of amides is 3. The fourth-order valence-electron chi connectivity index (χ4n) is 5.41. The first kappa shape index (κ1) is 31.8. The van der Waals surface area contributed by atoms with Crippen LogP contribution in [0.3, 0.4) is 0 Å². The SMILES string of the molecule is CNC(=O)[C@H](Cc1ccc2ccccc2c1)N1CC[C@H](CNC(=O)Cc2ccc(Cl)cc2)N[C@@H](CCCN=C(N)N)C1=O. The first-order valence-electron chi connectivity index (χ1n) is 14.6. The van der Waals surface area contributed by atoms with Crippen LogP contribution in [0.4, 0.5) is 0 Å². The van der Waals surface area contributed by atoms with E-state index < -0.39 is 12.1 Å². The number of likely N-dealkylation sites (N-methyl/N-ethyl adjacent to an activating group) is 1. The molecule has 3 atom stereocenters. The number of hydrogen-bond acceptors (Lipinski definition) is 5. The van der Waals surface area contributed by atoms with Crippen LogP contribution in [0.25, 0.3) is 10.8 Å². The lowest BCUT2D eigenvalue weighted by molar-refractivity contribution is -0.141. The van der Waals surface area contributed by atoms with Crippen molar-refractivity contribution in [3.8, 4) is 0 Å². The van der Waals surface area contributed by atoms with Crippen molar-refractivity contribution in [2.24, 2.45) is 16.5 Å². The monoisotopic (exact) mass is 605 g/mol. The lowest BCUT2D eigenvalue weighted by Crippen LogP contribution is -2.54. The second-order valence-electron chi connectivity index (χ2n) is 10.8. The van der Waals surface area contributed by atoms with Gasteiger partial charge in [-0.05, 0) is 53.3 Å². The van der Waals surface area contributed by atoms with Gasteiger partial charge in [-0.15, -0.1) is 0 Å². The zero-order chi connectivity index (χ0) is 30.8. The number of halogens is 1. The highest BCUT2D eigenvalue weighted by molar-refractivity contribution is 6.30. The molecule has 0 spiro atoms. The zero-order valence-electron chi connectivity index (χ0n) is 24.4. The van der Waals surface area contributed by atoms with E-state index >= 15 is 0 Å². The summed E-state index contributed by atoms with van der Waals surface area (Å²) in [5.41, 5.74) is 12.8. The fourth-order valence-corrected chi connectivity index (χ4v) is 5.54. The Balaban J connectivity index is 1.50. The first-order valence-corrected chi connectivity index (χ1v) is 14.9. The standard InChI is InChI=1S/C32H40ClN7O3/c1-36-30(42)28(18-22-8-11-23-5-2-3-6-24(23)17-22)40-16-14-26(39-27(31(40)43)7-4-15-37-32(34)35)20-38-29(41)19-21-9-12-25(33)13-10-21/h2-3,5-6,8-13,17,26-28,39H,4,7,14-16,18-20H2,1H3,(H,36,42)(H,38,41)(H4,34,35,37)/t26-,27+,28+/m1/s1. The molecule has 1 aliphatic rings. The summed E-state index contributed by atoms with van der Waals surface area (Å²) >= 11 is 5.96. The maximum Gasteiger partial charge on any atom is 0.242 e. The number of fused-ring (bicyclic) bond motifs is 1. The van der Waals surface area contributed by atoms with Gasteiger partial charge in [-0.3, -0.25) is 19.4 Å². The molecule has 11 heteroatoms. The smallest absolute Gasteiger partial charge is 0.242 e. The largest absolute Gasteiger partial charge is 0.370 e. The van der Waals surface area contributed by atoms with Crippen LogP contribution in [0, 0.1) is 0 Å². The van der Waals surface area contributed by atoms with Gasteiger partial charge in [-0.2, -0.15) is 0 Å².